The Bertz CT molecular complexity index is 899. The van der Waals surface area contributed by atoms with Gasteiger partial charge in [0.1, 0.15) is 5.60 Å². The van der Waals surface area contributed by atoms with Crippen LogP contribution in [0.2, 0.25) is 0 Å². The first kappa shape index (κ1) is 28.6. The van der Waals surface area contributed by atoms with Gasteiger partial charge in [0.2, 0.25) is 0 Å². The van der Waals surface area contributed by atoms with Gasteiger partial charge in [0.25, 0.3) is 0 Å². The van der Waals surface area contributed by atoms with Crippen LogP contribution >= 0.6 is 0 Å². The summed E-state index contributed by atoms with van der Waals surface area (Å²) < 4.78 is 45.2. The van der Waals surface area contributed by atoms with Crippen molar-refractivity contribution >= 4 is 23.4 Å². The molecule has 1 aromatic rings. The number of rotatable bonds is 5. The molecule has 0 radical (unpaired) electrons. The quantitative estimate of drug-likeness (QED) is 0.528. The van der Waals surface area contributed by atoms with Gasteiger partial charge in [0.15, 0.2) is 0 Å². The number of likely N-dealkylation sites (tertiary alicyclic amines) is 1. The van der Waals surface area contributed by atoms with Crippen LogP contribution in [0.5, 0.6) is 0 Å². The van der Waals surface area contributed by atoms with E-state index in [0.29, 0.717) is 42.9 Å². The third-order valence-electron chi connectivity index (χ3n) is 6.20. The molecule has 35 heavy (non-hydrogen) atoms. The van der Waals surface area contributed by atoms with E-state index in [1.807, 2.05) is 20.8 Å². The van der Waals surface area contributed by atoms with Crippen molar-refractivity contribution in [3.63, 3.8) is 0 Å². The lowest BCUT2D eigenvalue weighted by Crippen LogP contribution is -2.50. The molecular weight excluding hydrogens is 461 g/mol. The van der Waals surface area contributed by atoms with Gasteiger partial charge in [0.05, 0.1) is 11.4 Å². The highest BCUT2D eigenvalue weighted by molar-refractivity contribution is 5.82. The highest BCUT2D eigenvalue weighted by Gasteiger charge is 2.45. The number of carbonyl (C=O) groups excluding carboxylic acids is 2. The number of halogens is 3. The largest absolute Gasteiger partial charge is 0.471 e. The molecule has 1 aliphatic rings. The highest BCUT2D eigenvalue weighted by atomic mass is 19.4. The summed E-state index contributed by atoms with van der Waals surface area (Å²) in [5, 5.41) is 3.37. The minimum Gasteiger partial charge on any atom is -0.444 e. The summed E-state index contributed by atoms with van der Waals surface area (Å²) in [7, 11) is 0. The van der Waals surface area contributed by atoms with Crippen LogP contribution in [0.1, 0.15) is 66.9 Å². The summed E-state index contributed by atoms with van der Waals surface area (Å²) in [6.07, 6.45) is -3.88. The number of amides is 2. The molecule has 2 rings (SSSR count). The Morgan fingerprint density at radius 2 is 1.71 bits per heavy atom. The van der Waals surface area contributed by atoms with E-state index in [1.165, 1.54) is 0 Å². The van der Waals surface area contributed by atoms with Crippen LogP contribution in [-0.4, -0.2) is 58.8 Å². The molecule has 1 saturated heterocycles. The van der Waals surface area contributed by atoms with Gasteiger partial charge in [-0.15, -0.1) is 0 Å². The number of nitrogens with zero attached hydrogens (tertiary/aromatic N) is 2. The number of hydrogen-bond acceptors (Lipinski definition) is 5. The predicted molar refractivity (Wildman–Crippen MR) is 131 cm³/mol. The predicted octanol–water partition coefficient (Wildman–Crippen LogP) is 5.41. The number of nitrogens with one attached hydrogen (secondary N) is 1. The number of hydrogen-bond donors (Lipinski definition) is 2. The summed E-state index contributed by atoms with van der Waals surface area (Å²) in [5.41, 5.74) is 6.70. The molecule has 2 amide bonds. The average molecular weight is 501 g/mol. The number of alkyl halides is 3. The lowest BCUT2D eigenvalue weighted by Gasteiger charge is -2.38. The van der Waals surface area contributed by atoms with Gasteiger partial charge < -0.3 is 25.6 Å². The van der Waals surface area contributed by atoms with Crippen LogP contribution in [0, 0.1) is 5.41 Å². The number of ether oxygens (including phenoxy) is 1. The molecule has 1 fully saturated rings. The summed E-state index contributed by atoms with van der Waals surface area (Å²) in [6.45, 7) is 13.4. The number of benzene rings is 1. The second kappa shape index (κ2) is 10.5. The molecule has 7 nitrogen and oxygen atoms in total. The van der Waals surface area contributed by atoms with Gasteiger partial charge in [-0.1, -0.05) is 26.8 Å². The topological polar surface area (TPSA) is 87.9 Å². The second-order valence-electron chi connectivity index (χ2n) is 11.3. The minimum atomic E-state index is -4.96. The second-order valence-corrected chi connectivity index (χ2v) is 11.3. The Hall–Kier alpha value is -2.65. The van der Waals surface area contributed by atoms with Crippen molar-refractivity contribution in [1.82, 2.24) is 9.80 Å². The fourth-order valence-corrected chi connectivity index (χ4v) is 3.81. The maximum absolute atomic E-state index is 13.3. The van der Waals surface area contributed by atoms with Crippen LogP contribution in [0.3, 0.4) is 0 Å². The SMILES string of the molecule is C[C@H](N(Cc1ccc(NC2CCN(C(=O)OC(C)(C)C)CC2)c(N)c1)C(=O)C(F)(F)F)C(C)(C)C. The highest BCUT2D eigenvalue weighted by Crippen LogP contribution is 2.31. The molecular formula is C25H39F3N4O3. The van der Waals surface area contributed by atoms with E-state index in [4.69, 9.17) is 10.5 Å². The molecule has 0 saturated carbocycles. The first-order chi connectivity index (χ1) is 15.9. The van der Waals surface area contributed by atoms with E-state index in [-0.39, 0.29) is 18.7 Å². The molecule has 1 heterocycles. The molecule has 0 bridgehead atoms. The fraction of sp³-hybridized carbons (Fsp3) is 0.680. The third kappa shape index (κ3) is 8.21. The van der Waals surface area contributed by atoms with Gasteiger partial charge >= 0.3 is 18.2 Å². The Morgan fingerprint density at radius 3 is 2.17 bits per heavy atom. The van der Waals surface area contributed by atoms with Gasteiger partial charge in [0, 0.05) is 31.7 Å². The zero-order valence-corrected chi connectivity index (χ0v) is 21.8. The van der Waals surface area contributed by atoms with Crippen LogP contribution < -0.4 is 11.1 Å². The zero-order chi connectivity index (χ0) is 26.8. The fourth-order valence-electron chi connectivity index (χ4n) is 3.81. The van der Waals surface area contributed by atoms with Crippen molar-refractivity contribution < 1.29 is 27.5 Å². The zero-order valence-electron chi connectivity index (χ0n) is 21.8. The number of piperidine rings is 1. The summed E-state index contributed by atoms with van der Waals surface area (Å²) >= 11 is 0. The van der Waals surface area contributed by atoms with Crippen molar-refractivity contribution in [1.29, 1.82) is 0 Å². The van der Waals surface area contributed by atoms with Gasteiger partial charge in [-0.2, -0.15) is 13.2 Å². The molecule has 1 aliphatic heterocycles. The van der Waals surface area contributed by atoms with E-state index < -0.39 is 29.1 Å². The number of nitrogens with two attached hydrogens (primary N) is 1. The van der Waals surface area contributed by atoms with E-state index >= 15 is 0 Å². The lowest BCUT2D eigenvalue weighted by atomic mass is 9.86. The number of anilines is 2. The molecule has 3 N–H and O–H groups in total. The molecule has 0 unspecified atom stereocenters. The summed E-state index contributed by atoms with van der Waals surface area (Å²) in [5.74, 6) is -1.86. The van der Waals surface area contributed by atoms with E-state index in [2.05, 4.69) is 5.32 Å². The molecule has 1 atom stereocenters. The van der Waals surface area contributed by atoms with Crippen LogP contribution in [0.15, 0.2) is 18.2 Å². The van der Waals surface area contributed by atoms with Crippen molar-refractivity contribution in [2.45, 2.75) is 91.7 Å². The van der Waals surface area contributed by atoms with E-state index in [1.54, 1.807) is 50.8 Å². The van der Waals surface area contributed by atoms with Gasteiger partial charge in [-0.3, -0.25) is 4.79 Å². The average Bonchev–Trinajstić information content (AvgIpc) is 2.70. The first-order valence-electron chi connectivity index (χ1n) is 11.9. The van der Waals surface area contributed by atoms with Crippen molar-refractivity contribution in [2.75, 3.05) is 24.1 Å². The van der Waals surface area contributed by atoms with Crippen molar-refractivity contribution in [3.05, 3.63) is 23.8 Å². The van der Waals surface area contributed by atoms with Crippen LogP contribution in [0.4, 0.5) is 29.3 Å². The van der Waals surface area contributed by atoms with Crippen LogP contribution in [0.25, 0.3) is 0 Å². The molecule has 0 aromatic heterocycles. The molecule has 198 valence electrons. The standard InChI is InChI=1S/C25H39F3N4O3/c1-16(23(2,3)4)32(21(33)25(26,27)28)15-17-8-9-20(19(29)14-17)30-18-10-12-31(13-11-18)22(34)35-24(5,6)7/h8-9,14,16,18,30H,10-13,15,29H2,1-7H3/t16-/m0/s1. The number of nitrogen functional groups attached to an aromatic ring is 1. The number of carbonyl (C=O) groups is 2. The van der Waals surface area contributed by atoms with Crippen LogP contribution in [-0.2, 0) is 16.1 Å². The molecule has 10 heteroatoms. The first-order valence-corrected chi connectivity index (χ1v) is 11.9. The molecule has 0 aliphatic carbocycles. The molecule has 1 aromatic carbocycles. The monoisotopic (exact) mass is 500 g/mol. The minimum absolute atomic E-state index is 0.0889. The van der Waals surface area contributed by atoms with Crippen molar-refractivity contribution in [3.8, 4) is 0 Å². The Kier molecular flexibility index (Phi) is 8.61. The maximum Gasteiger partial charge on any atom is 0.471 e. The van der Waals surface area contributed by atoms with Gasteiger partial charge in [-0.05, 0) is 63.6 Å². The third-order valence-corrected chi connectivity index (χ3v) is 6.20. The Labute approximate surface area is 206 Å². The normalized spacial score (nSPS) is 16.6. The van der Waals surface area contributed by atoms with Crippen molar-refractivity contribution in [2.24, 2.45) is 5.41 Å². The summed E-state index contributed by atoms with van der Waals surface area (Å²) in [4.78, 5) is 26.9. The maximum atomic E-state index is 13.3. The van der Waals surface area contributed by atoms with Gasteiger partial charge in [-0.25, -0.2) is 4.79 Å². The Balaban J connectivity index is 2.06. The Morgan fingerprint density at radius 1 is 1.14 bits per heavy atom. The lowest BCUT2D eigenvalue weighted by molar-refractivity contribution is -0.190. The van der Waals surface area contributed by atoms with E-state index in [9.17, 15) is 22.8 Å². The molecule has 0 spiro atoms. The van der Waals surface area contributed by atoms with E-state index in [0.717, 1.165) is 4.90 Å². The summed E-state index contributed by atoms with van der Waals surface area (Å²) in [6, 6.07) is 4.45. The smallest absolute Gasteiger partial charge is 0.444 e.